The highest BCUT2D eigenvalue weighted by Crippen LogP contribution is 2.25. The van der Waals surface area contributed by atoms with Crippen LogP contribution in [0.15, 0.2) is 12.1 Å². The molecule has 0 bridgehead atoms. The molecule has 0 aliphatic heterocycles. The summed E-state index contributed by atoms with van der Waals surface area (Å²) in [5.74, 6) is 0.444. The molecule has 0 aromatic carbocycles. The Morgan fingerprint density at radius 1 is 1.21 bits per heavy atom. The lowest BCUT2D eigenvalue weighted by molar-refractivity contribution is -0.126. The minimum Gasteiger partial charge on any atom is -0.349 e. The molecule has 1 heterocycles. The molecule has 2 rings (SSSR count). The van der Waals surface area contributed by atoms with Crippen molar-refractivity contribution >= 4 is 5.91 Å². The van der Waals surface area contributed by atoms with Crippen molar-refractivity contribution in [2.75, 3.05) is 0 Å². The zero-order chi connectivity index (χ0) is 13.8. The fraction of sp³-hybridized carbons (Fsp3) is 0.625. The van der Waals surface area contributed by atoms with Crippen molar-refractivity contribution in [1.82, 2.24) is 10.3 Å². The zero-order valence-corrected chi connectivity index (χ0v) is 12.2. The molecule has 1 aromatic heterocycles. The Morgan fingerprint density at radius 3 is 2.37 bits per heavy atom. The number of hydrogen-bond donors (Lipinski definition) is 1. The van der Waals surface area contributed by atoms with E-state index in [0.717, 1.165) is 29.8 Å². The van der Waals surface area contributed by atoms with E-state index in [1.54, 1.807) is 0 Å². The van der Waals surface area contributed by atoms with Crippen LogP contribution in [0.1, 0.15) is 62.0 Å². The number of nitrogens with zero attached hydrogens (tertiary/aromatic N) is 1. The summed E-state index contributed by atoms with van der Waals surface area (Å²) < 4.78 is 0. The van der Waals surface area contributed by atoms with E-state index in [1.165, 1.54) is 19.3 Å². The van der Waals surface area contributed by atoms with Crippen LogP contribution in [0.5, 0.6) is 0 Å². The van der Waals surface area contributed by atoms with E-state index >= 15 is 0 Å². The van der Waals surface area contributed by atoms with Crippen LogP contribution in [0.25, 0.3) is 0 Å². The number of pyridine rings is 1. The van der Waals surface area contributed by atoms with Gasteiger partial charge < -0.3 is 5.32 Å². The molecule has 3 nitrogen and oxygen atoms in total. The smallest absolute Gasteiger partial charge is 0.223 e. The predicted octanol–water partition coefficient (Wildman–Crippen LogP) is 3.46. The summed E-state index contributed by atoms with van der Waals surface area (Å²) in [6.45, 7) is 6.04. The molecule has 1 aliphatic carbocycles. The Labute approximate surface area is 115 Å². The highest BCUT2D eigenvalue weighted by Gasteiger charge is 2.22. The Kier molecular flexibility index (Phi) is 4.56. The molecule has 0 radical (unpaired) electrons. The Morgan fingerprint density at radius 2 is 1.79 bits per heavy atom. The van der Waals surface area contributed by atoms with Gasteiger partial charge in [0.05, 0.1) is 6.04 Å². The minimum atomic E-state index is 0.0647. The van der Waals surface area contributed by atoms with E-state index in [9.17, 15) is 4.79 Å². The quantitative estimate of drug-likeness (QED) is 0.904. The van der Waals surface area contributed by atoms with Gasteiger partial charge in [0.25, 0.3) is 0 Å². The van der Waals surface area contributed by atoms with Crippen LogP contribution in [-0.2, 0) is 4.79 Å². The Hall–Kier alpha value is -1.38. The number of aromatic nitrogens is 1. The Bertz CT molecular complexity index is 430. The number of amides is 1. The van der Waals surface area contributed by atoms with Crippen molar-refractivity contribution in [3.63, 3.8) is 0 Å². The van der Waals surface area contributed by atoms with E-state index < -0.39 is 0 Å². The van der Waals surface area contributed by atoms with Crippen molar-refractivity contribution in [2.45, 2.75) is 58.9 Å². The zero-order valence-electron chi connectivity index (χ0n) is 12.2. The van der Waals surface area contributed by atoms with Crippen molar-refractivity contribution in [3.8, 4) is 0 Å². The molecule has 3 heteroatoms. The van der Waals surface area contributed by atoms with Gasteiger partial charge in [0.2, 0.25) is 5.91 Å². The van der Waals surface area contributed by atoms with Gasteiger partial charge in [-0.3, -0.25) is 9.78 Å². The number of nitrogens with one attached hydrogen (secondary N) is 1. The summed E-state index contributed by atoms with van der Waals surface area (Å²) in [6.07, 6.45) is 5.77. The second-order valence-electron chi connectivity index (χ2n) is 5.75. The van der Waals surface area contributed by atoms with Gasteiger partial charge in [-0.25, -0.2) is 0 Å². The van der Waals surface area contributed by atoms with Crippen LogP contribution in [-0.4, -0.2) is 10.9 Å². The first-order valence-corrected chi connectivity index (χ1v) is 7.32. The van der Waals surface area contributed by atoms with Gasteiger partial charge in [0.15, 0.2) is 0 Å². The van der Waals surface area contributed by atoms with Crippen LogP contribution in [0.4, 0.5) is 0 Å². The maximum atomic E-state index is 12.2. The second-order valence-corrected chi connectivity index (χ2v) is 5.75. The highest BCUT2D eigenvalue weighted by molar-refractivity contribution is 5.79. The number of aryl methyl sites for hydroxylation is 2. The van der Waals surface area contributed by atoms with Gasteiger partial charge in [-0.1, -0.05) is 19.3 Å². The first-order valence-electron chi connectivity index (χ1n) is 7.32. The molecule has 1 aromatic rings. The molecule has 1 saturated carbocycles. The molecule has 1 aliphatic rings. The van der Waals surface area contributed by atoms with E-state index in [2.05, 4.69) is 29.4 Å². The maximum absolute atomic E-state index is 12.2. The predicted molar refractivity (Wildman–Crippen MR) is 76.8 cm³/mol. The molecule has 1 unspecified atom stereocenters. The fourth-order valence-corrected chi connectivity index (χ4v) is 2.90. The van der Waals surface area contributed by atoms with E-state index in [-0.39, 0.29) is 17.9 Å². The third-order valence-electron chi connectivity index (χ3n) is 3.94. The van der Waals surface area contributed by atoms with E-state index in [4.69, 9.17) is 0 Å². The maximum Gasteiger partial charge on any atom is 0.223 e. The van der Waals surface area contributed by atoms with Crippen molar-refractivity contribution in [1.29, 1.82) is 0 Å². The lowest BCUT2D eigenvalue weighted by Crippen LogP contribution is -2.33. The van der Waals surface area contributed by atoms with Crippen LogP contribution in [0.3, 0.4) is 0 Å². The van der Waals surface area contributed by atoms with Gasteiger partial charge in [0.1, 0.15) is 0 Å². The van der Waals surface area contributed by atoms with Crippen molar-refractivity contribution in [2.24, 2.45) is 5.92 Å². The van der Waals surface area contributed by atoms with Gasteiger partial charge >= 0.3 is 0 Å². The molecular formula is C16H24N2O. The summed E-state index contributed by atoms with van der Waals surface area (Å²) in [6, 6.07) is 4.17. The molecule has 1 amide bonds. The number of carbonyl (C=O) groups excluding carboxylic acids is 1. The molecule has 104 valence electrons. The average Bonchev–Trinajstić information content (AvgIpc) is 2.38. The third kappa shape index (κ3) is 3.79. The topological polar surface area (TPSA) is 42.0 Å². The van der Waals surface area contributed by atoms with Gasteiger partial charge in [-0.15, -0.1) is 0 Å². The van der Waals surface area contributed by atoms with Gasteiger partial charge in [0, 0.05) is 17.3 Å². The Balaban J connectivity index is 1.99. The molecule has 1 atom stereocenters. The van der Waals surface area contributed by atoms with E-state index in [0.29, 0.717) is 0 Å². The van der Waals surface area contributed by atoms with Crippen molar-refractivity contribution in [3.05, 3.63) is 29.1 Å². The average molecular weight is 260 g/mol. The lowest BCUT2D eigenvalue weighted by Gasteiger charge is -2.23. The SMILES string of the molecule is Cc1cc(C(C)NC(=O)C2CCCCC2)cc(C)n1. The lowest BCUT2D eigenvalue weighted by atomic mass is 9.88. The summed E-state index contributed by atoms with van der Waals surface area (Å²) in [4.78, 5) is 16.6. The largest absolute Gasteiger partial charge is 0.349 e. The highest BCUT2D eigenvalue weighted by atomic mass is 16.1. The van der Waals surface area contributed by atoms with Gasteiger partial charge in [-0.05, 0) is 51.3 Å². The first-order chi connectivity index (χ1) is 9.06. The second kappa shape index (κ2) is 6.18. The third-order valence-corrected chi connectivity index (χ3v) is 3.94. The van der Waals surface area contributed by atoms with Gasteiger partial charge in [-0.2, -0.15) is 0 Å². The molecular weight excluding hydrogens is 236 g/mol. The van der Waals surface area contributed by atoms with E-state index in [1.807, 2.05) is 13.8 Å². The minimum absolute atomic E-state index is 0.0647. The van der Waals surface area contributed by atoms with Crippen LogP contribution >= 0.6 is 0 Å². The summed E-state index contributed by atoms with van der Waals surface area (Å²) >= 11 is 0. The summed E-state index contributed by atoms with van der Waals surface area (Å²) in [5.41, 5.74) is 3.16. The molecule has 0 spiro atoms. The standard InChI is InChI=1S/C16H24N2O/c1-11-9-15(10-12(2)17-11)13(3)18-16(19)14-7-5-4-6-8-14/h9-10,13-14H,4-8H2,1-3H3,(H,18,19). The normalized spacial score (nSPS) is 18.1. The molecule has 1 fully saturated rings. The van der Waals surface area contributed by atoms with Crippen LogP contribution < -0.4 is 5.32 Å². The molecule has 19 heavy (non-hydrogen) atoms. The monoisotopic (exact) mass is 260 g/mol. The molecule has 1 N–H and O–H groups in total. The first kappa shape index (κ1) is 14.0. The summed E-state index contributed by atoms with van der Waals surface area (Å²) in [7, 11) is 0. The molecule has 0 saturated heterocycles. The van der Waals surface area contributed by atoms with Crippen LogP contribution in [0.2, 0.25) is 0 Å². The van der Waals surface area contributed by atoms with Crippen molar-refractivity contribution < 1.29 is 4.79 Å². The number of hydrogen-bond acceptors (Lipinski definition) is 2. The summed E-state index contributed by atoms with van der Waals surface area (Å²) in [5, 5.41) is 3.15. The number of rotatable bonds is 3. The van der Waals surface area contributed by atoms with Crippen LogP contribution in [0, 0.1) is 19.8 Å². The number of carbonyl (C=O) groups is 1. The fourth-order valence-electron chi connectivity index (χ4n) is 2.90.